The largest absolute Gasteiger partial charge is 0.478 e. The number of para-hydroxylation sites is 1. The third-order valence-corrected chi connectivity index (χ3v) is 5.23. The minimum absolute atomic E-state index is 0.0759. The van der Waals surface area contributed by atoms with Crippen molar-refractivity contribution >= 4 is 5.97 Å². The minimum atomic E-state index is -0.636. The van der Waals surface area contributed by atoms with Crippen LogP contribution in [0.3, 0.4) is 0 Å². The van der Waals surface area contributed by atoms with Gasteiger partial charge in [0.05, 0.1) is 5.92 Å². The summed E-state index contributed by atoms with van der Waals surface area (Å²) in [5.41, 5.74) is 1.24. The van der Waals surface area contributed by atoms with Crippen LogP contribution in [-0.2, 0) is 9.53 Å². The SMILES string of the molecule is CC(C)=CC1(Oc2ccccc2)C=CC=C(COC(=O)C2CC2)C1(C)C. The standard InChI is InChI=1S/C23H28O3/c1-17(2)15-23(26-20-10-6-5-7-11-20)14-8-9-19(22(23,3)4)16-25-21(24)18-12-13-18/h5-11,14-15,18H,12-13,16H2,1-4H3. The molecule has 1 aromatic rings. The van der Waals surface area contributed by atoms with E-state index in [1.165, 1.54) is 5.57 Å². The molecule has 1 saturated carbocycles. The molecule has 1 aromatic carbocycles. The number of esters is 1. The lowest BCUT2D eigenvalue weighted by Gasteiger charge is -2.46. The van der Waals surface area contributed by atoms with Crippen LogP contribution in [0, 0.1) is 11.3 Å². The second-order valence-electron chi connectivity index (χ2n) is 7.99. The average Bonchev–Trinajstić information content (AvgIpc) is 3.41. The normalized spacial score (nSPS) is 23.8. The second kappa shape index (κ2) is 7.14. The molecule has 0 saturated heterocycles. The van der Waals surface area contributed by atoms with Gasteiger partial charge in [-0.3, -0.25) is 4.79 Å². The third kappa shape index (κ3) is 3.77. The number of benzene rings is 1. The van der Waals surface area contributed by atoms with E-state index in [-0.39, 0.29) is 17.3 Å². The highest BCUT2D eigenvalue weighted by molar-refractivity contribution is 5.75. The van der Waals surface area contributed by atoms with Crippen molar-refractivity contribution in [3.8, 4) is 5.75 Å². The highest BCUT2D eigenvalue weighted by atomic mass is 16.5. The molecule has 2 aliphatic rings. The van der Waals surface area contributed by atoms with Gasteiger partial charge in [-0.2, -0.15) is 0 Å². The van der Waals surface area contributed by atoms with Gasteiger partial charge in [0, 0.05) is 5.41 Å². The fourth-order valence-corrected chi connectivity index (χ4v) is 3.32. The summed E-state index contributed by atoms with van der Waals surface area (Å²) in [6, 6.07) is 9.86. The average molecular weight is 352 g/mol. The van der Waals surface area contributed by atoms with E-state index in [9.17, 15) is 4.79 Å². The summed E-state index contributed by atoms with van der Waals surface area (Å²) in [5.74, 6) is 0.855. The maximum Gasteiger partial charge on any atom is 0.309 e. The summed E-state index contributed by atoms with van der Waals surface area (Å²) in [6.45, 7) is 8.75. The molecule has 3 heteroatoms. The Morgan fingerprint density at radius 2 is 1.88 bits per heavy atom. The molecule has 0 N–H and O–H groups in total. The maximum atomic E-state index is 12.0. The van der Waals surface area contributed by atoms with E-state index in [4.69, 9.17) is 9.47 Å². The molecular formula is C23H28O3. The van der Waals surface area contributed by atoms with Crippen molar-refractivity contribution in [1.82, 2.24) is 0 Å². The Hall–Kier alpha value is -2.29. The van der Waals surface area contributed by atoms with Crippen LogP contribution in [0.1, 0.15) is 40.5 Å². The predicted octanol–water partition coefficient (Wildman–Crippen LogP) is 5.25. The van der Waals surface area contributed by atoms with Gasteiger partial charge in [-0.1, -0.05) is 49.8 Å². The quantitative estimate of drug-likeness (QED) is 0.518. The number of ether oxygens (including phenoxy) is 2. The molecular weight excluding hydrogens is 324 g/mol. The van der Waals surface area contributed by atoms with Gasteiger partial charge in [-0.05, 0) is 56.5 Å². The molecule has 0 aromatic heterocycles. The number of hydrogen-bond donors (Lipinski definition) is 0. The highest BCUT2D eigenvalue weighted by Crippen LogP contribution is 2.46. The first kappa shape index (κ1) is 18.5. The fourth-order valence-electron chi connectivity index (χ4n) is 3.32. The smallest absolute Gasteiger partial charge is 0.309 e. The Labute approximate surface area is 156 Å². The van der Waals surface area contributed by atoms with E-state index in [0.29, 0.717) is 6.61 Å². The summed E-state index contributed by atoms with van der Waals surface area (Å²) in [5, 5.41) is 0. The molecule has 0 amide bonds. The molecule has 2 aliphatic carbocycles. The van der Waals surface area contributed by atoms with Crippen molar-refractivity contribution < 1.29 is 14.3 Å². The Morgan fingerprint density at radius 3 is 2.50 bits per heavy atom. The minimum Gasteiger partial charge on any atom is -0.478 e. The van der Waals surface area contributed by atoms with Crippen LogP contribution in [0.2, 0.25) is 0 Å². The van der Waals surface area contributed by atoms with Crippen molar-refractivity contribution in [1.29, 1.82) is 0 Å². The van der Waals surface area contributed by atoms with Crippen molar-refractivity contribution in [2.24, 2.45) is 11.3 Å². The molecule has 3 rings (SSSR count). The first-order valence-corrected chi connectivity index (χ1v) is 9.30. The van der Waals surface area contributed by atoms with Crippen LogP contribution in [0.4, 0.5) is 0 Å². The second-order valence-corrected chi connectivity index (χ2v) is 7.99. The molecule has 26 heavy (non-hydrogen) atoms. The van der Waals surface area contributed by atoms with Crippen molar-refractivity contribution in [3.05, 3.63) is 65.8 Å². The molecule has 3 nitrogen and oxygen atoms in total. The summed E-state index contributed by atoms with van der Waals surface area (Å²) >= 11 is 0. The zero-order chi connectivity index (χ0) is 18.8. The van der Waals surface area contributed by atoms with Gasteiger partial charge in [0.1, 0.15) is 12.4 Å². The van der Waals surface area contributed by atoms with Crippen molar-refractivity contribution in [2.75, 3.05) is 6.61 Å². The number of carbonyl (C=O) groups excluding carboxylic acids is 1. The molecule has 0 radical (unpaired) electrons. The molecule has 1 atom stereocenters. The Balaban J connectivity index is 1.88. The lowest BCUT2D eigenvalue weighted by Crippen LogP contribution is -2.50. The lowest BCUT2D eigenvalue weighted by molar-refractivity contribution is -0.144. The summed E-state index contributed by atoms with van der Waals surface area (Å²) in [7, 11) is 0. The van der Waals surface area contributed by atoms with Gasteiger partial charge in [0.25, 0.3) is 0 Å². The highest BCUT2D eigenvalue weighted by Gasteiger charge is 2.48. The number of allylic oxidation sites excluding steroid dienone is 3. The van der Waals surface area contributed by atoms with Crippen LogP contribution in [0.15, 0.2) is 65.8 Å². The van der Waals surface area contributed by atoms with E-state index < -0.39 is 5.60 Å². The third-order valence-electron chi connectivity index (χ3n) is 5.23. The molecule has 1 unspecified atom stereocenters. The van der Waals surface area contributed by atoms with Gasteiger partial charge < -0.3 is 9.47 Å². The van der Waals surface area contributed by atoms with Crippen LogP contribution >= 0.6 is 0 Å². The van der Waals surface area contributed by atoms with Crippen LogP contribution in [0.25, 0.3) is 0 Å². The van der Waals surface area contributed by atoms with Gasteiger partial charge in [-0.25, -0.2) is 0 Å². The molecule has 1 fully saturated rings. The number of carbonyl (C=O) groups is 1. The predicted molar refractivity (Wildman–Crippen MR) is 104 cm³/mol. The first-order chi connectivity index (χ1) is 12.3. The zero-order valence-electron chi connectivity index (χ0n) is 16.1. The number of rotatable bonds is 6. The van der Waals surface area contributed by atoms with E-state index in [1.807, 2.05) is 42.5 Å². The van der Waals surface area contributed by atoms with Gasteiger partial charge >= 0.3 is 5.97 Å². The topological polar surface area (TPSA) is 35.5 Å². The molecule has 0 heterocycles. The van der Waals surface area contributed by atoms with Crippen molar-refractivity contribution in [2.45, 2.75) is 46.1 Å². The van der Waals surface area contributed by atoms with Crippen LogP contribution in [0.5, 0.6) is 5.75 Å². The monoisotopic (exact) mass is 352 g/mol. The molecule has 138 valence electrons. The lowest BCUT2D eigenvalue weighted by atomic mass is 9.66. The van der Waals surface area contributed by atoms with Crippen LogP contribution < -0.4 is 4.74 Å². The summed E-state index contributed by atoms with van der Waals surface area (Å²) in [4.78, 5) is 12.0. The van der Waals surface area contributed by atoms with Gasteiger partial charge in [0.15, 0.2) is 5.60 Å². The number of hydrogen-bond acceptors (Lipinski definition) is 3. The maximum absolute atomic E-state index is 12.0. The van der Waals surface area contributed by atoms with E-state index in [2.05, 4.69) is 39.8 Å². The van der Waals surface area contributed by atoms with E-state index in [0.717, 1.165) is 24.2 Å². The zero-order valence-corrected chi connectivity index (χ0v) is 16.1. The van der Waals surface area contributed by atoms with Crippen LogP contribution in [-0.4, -0.2) is 18.2 Å². The summed E-state index contributed by atoms with van der Waals surface area (Å²) in [6.07, 6.45) is 10.2. The van der Waals surface area contributed by atoms with E-state index >= 15 is 0 Å². The Kier molecular flexibility index (Phi) is 5.08. The Morgan fingerprint density at radius 1 is 1.19 bits per heavy atom. The molecule has 0 bridgehead atoms. The van der Waals surface area contributed by atoms with Gasteiger partial charge in [0.2, 0.25) is 0 Å². The Bertz CT molecular complexity index is 747. The van der Waals surface area contributed by atoms with E-state index in [1.54, 1.807) is 0 Å². The molecule has 0 spiro atoms. The fraction of sp³-hybridized carbons (Fsp3) is 0.435. The first-order valence-electron chi connectivity index (χ1n) is 9.30. The van der Waals surface area contributed by atoms with Gasteiger partial charge in [-0.15, -0.1) is 0 Å². The van der Waals surface area contributed by atoms with Crippen molar-refractivity contribution in [3.63, 3.8) is 0 Å². The molecule has 0 aliphatic heterocycles. The summed E-state index contributed by atoms with van der Waals surface area (Å²) < 4.78 is 12.1.